The average Bonchev–Trinajstić information content (AvgIpc) is 3.15. The van der Waals surface area contributed by atoms with Gasteiger partial charge in [0, 0.05) is 55.7 Å². The lowest BCUT2D eigenvalue weighted by atomic mass is 10.1. The second-order valence-electron chi connectivity index (χ2n) is 6.63. The molecule has 4 rings (SSSR count). The summed E-state index contributed by atoms with van der Waals surface area (Å²) in [5.41, 5.74) is 1.67. The third-order valence-electron chi connectivity index (χ3n) is 4.87. The van der Waals surface area contributed by atoms with Gasteiger partial charge in [-0.05, 0) is 19.1 Å². The maximum absolute atomic E-state index is 13.3. The van der Waals surface area contributed by atoms with E-state index in [4.69, 9.17) is 9.47 Å². The van der Waals surface area contributed by atoms with Crippen molar-refractivity contribution in [1.29, 1.82) is 0 Å². The predicted octanol–water partition coefficient (Wildman–Crippen LogP) is 2.37. The number of nitrogens with one attached hydrogen (secondary N) is 1. The fourth-order valence-electron chi connectivity index (χ4n) is 3.49. The van der Waals surface area contributed by atoms with Gasteiger partial charge in [0.25, 0.3) is 0 Å². The van der Waals surface area contributed by atoms with Crippen LogP contribution in [0.25, 0.3) is 0 Å². The number of carbonyl (C=O) groups excluding carboxylic acids is 1. The zero-order valence-electron chi connectivity index (χ0n) is 15.0. The molecule has 0 radical (unpaired) electrons. The van der Waals surface area contributed by atoms with Crippen LogP contribution in [0.15, 0.2) is 36.5 Å². The van der Waals surface area contributed by atoms with Gasteiger partial charge in [0.05, 0.1) is 0 Å². The van der Waals surface area contributed by atoms with Crippen molar-refractivity contribution in [3.05, 3.63) is 48.0 Å². The number of pyridine rings is 1. The summed E-state index contributed by atoms with van der Waals surface area (Å²) >= 11 is 0. The quantitative estimate of drug-likeness (QED) is 0.838. The van der Waals surface area contributed by atoms with E-state index in [0.29, 0.717) is 37.7 Å². The molecule has 0 aliphatic carbocycles. The standard InChI is InChI=1S/C19H21FN4O3/c1-13-11-23(15-5-6-21-17(20)9-15)7-8-24(13)19(25)22-10-14-3-2-4-16-18(14)27-12-26-16/h2-6,9,13H,7-8,10-12H2,1H3,(H,22,25). The molecular weight excluding hydrogens is 351 g/mol. The number of benzene rings is 1. The number of hydrogen-bond acceptors (Lipinski definition) is 5. The normalized spacial score (nSPS) is 18.5. The van der Waals surface area contributed by atoms with Crippen molar-refractivity contribution < 1.29 is 18.7 Å². The molecule has 1 saturated heterocycles. The lowest BCUT2D eigenvalue weighted by molar-refractivity contribution is 0.169. The minimum atomic E-state index is -0.498. The van der Waals surface area contributed by atoms with Crippen LogP contribution >= 0.6 is 0 Å². The maximum Gasteiger partial charge on any atom is 0.318 e. The number of carbonyl (C=O) groups is 1. The van der Waals surface area contributed by atoms with Crippen LogP contribution in [-0.4, -0.2) is 48.4 Å². The summed E-state index contributed by atoms with van der Waals surface area (Å²) in [5, 5.41) is 2.96. The molecule has 0 saturated carbocycles. The first-order chi connectivity index (χ1) is 13.1. The monoisotopic (exact) mass is 372 g/mol. The first-order valence-corrected chi connectivity index (χ1v) is 8.90. The Hall–Kier alpha value is -3.03. The van der Waals surface area contributed by atoms with Gasteiger partial charge in [0.1, 0.15) is 0 Å². The Balaban J connectivity index is 1.36. The molecule has 2 amide bonds. The Bertz CT molecular complexity index is 847. The van der Waals surface area contributed by atoms with Crippen LogP contribution in [0.4, 0.5) is 14.9 Å². The van der Waals surface area contributed by atoms with Crippen molar-refractivity contribution in [2.45, 2.75) is 19.5 Å². The first kappa shape index (κ1) is 17.4. The van der Waals surface area contributed by atoms with E-state index in [1.807, 2.05) is 25.1 Å². The van der Waals surface area contributed by atoms with E-state index in [1.54, 1.807) is 11.0 Å². The summed E-state index contributed by atoms with van der Waals surface area (Å²) in [6, 6.07) is 8.70. The SMILES string of the molecule is CC1CN(c2ccnc(F)c2)CCN1C(=O)NCc1cccc2c1OCO2. The van der Waals surface area contributed by atoms with Crippen molar-refractivity contribution in [2.24, 2.45) is 0 Å². The molecule has 3 heterocycles. The molecule has 1 aromatic carbocycles. The second kappa shape index (κ2) is 7.30. The van der Waals surface area contributed by atoms with E-state index in [0.717, 1.165) is 11.3 Å². The molecule has 1 unspecified atom stereocenters. The van der Waals surface area contributed by atoms with Crippen molar-refractivity contribution in [2.75, 3.05) is 31.3 Å². The number of hydrogen-bond donors (Lipinski definition) is 1. The van der Waals surface area contributed by atoms with Gasteiger partial charge in [0.2, 0.25) is 12.7 Å². The van der Waals surface area contributed by atoms with Crippen LogP contribution in [0.5, 0.6) is 11.5 Å². The zero-order valence-corrected chi connectivity index (χ0v) is 15.0. The highest BCUT2D eigenvalue weighted by Gasteiger charge is 2.28. The Morgan fingerprint density at radius 1 is 1.33 bits per heavy atom. The third kappa shape index (κ3) is 3.60. The summed E-state index contributed by atoms with van der Waals surface area (Å²) in [6.07, 6.45) is 1.46. The average molecular weight is 372 g/mol. The number of urea groups is 1. The summed E-state index contributed by atoms with van der Waals surface area (Å²) in [7, 11) is 0. The van der Waals surface area contributed by atoms with Gasteiger partial charge in [-0.1, -0.05) is 12.1 Å². The first-order valence-electron chi connectivity index (χ1n) is 8.90. The number of amides is 2. The van der Waals surface area contributed by atoms with Gasteiger partial charge >= 0.3 is 6.03 Å². The van der Waals surface area contributed by atoms with E-state index >= 15 is 0 Å². The Morgan fingerprint density at radius 3 is 3.04 bits per heavy atom. The number of piperazine rings is 1. The van der Waals surface area contributed by atoms with Crippen LogP contribution in [0.1, 0.15) is 12.5 Å². The molecule has 0 bridgehead atoms. The zero-order chi connectivity index (χ0) is 18.8. The van der Waals surface area contributed by atoms with Gasteiger partial charge in [-0.15, -0.1) is 0 Å². The fraction of sp³-hybridized carbons (Fsp3) is 0.368. The molecule has 142 valence electrons. The molecule has 2 aliphatic rings. The number of para-hydroxylation sites is 1. The minimum absolute atomic E-state index is 0.00366. The number of fused-ring (bicyclic) bond motifs is 1. The van der Waals surface area contributed by atoms with Crippen LogP contribution in [0.2, 0.25) is 0 Å². The smallest absolute Gasteiger partial charge is 0.318 e. The topological polar surface area (TPSA) is 66.9 Å². The molecule has 8 heteroatoms. The number of aromatic nitrogens is 1. The fourth-order valence-corrected chi connectivity index (χ4v) is 3.49. The number of rotatable bonds is 3. The van der Waals surface area contributed by atoms with E-state index < -0.39 is 5.95 Å². The number of anilines is 1. The molecule has 1 aromatic heterocycles. The highest BCUT2D eigenvalue weighted by atomic mass is 19.1. The van der Waals surface area contributed by atoms with Gasteiger partial charge < -0.3 is 24.6 Å². The van der Waals surface area contributed by atoms with Crippen molar-refractivity contribution in [3.63, 3.8) is 0 Å². The minimum Gasteiger partial charge on any atom is -0.454 e. The number of halogens is 1. The second-order valence-corrected chi connectivity index (χ2v) is 6.63. The molecular formula is C19H21FN4O3. The number of nitrogens with zero attached hydrogens (tertiary/aromatic N) is 3. The van der Waals surface area contributed by atoms with E-state index in [2.05, 4.69) is 15.2 Å². The summed E-state index contributed by atoms with van der Waals surface area (Å²) in [6.45, 7) is 4.39. The van der Waals surface area contributed by atoms with Crippen molar-refractivity contribution in [1.82, 2.24) is 15.2 Å². The van der Waals surface area contributed by atoms with Crippen LogP contribution in [0, 0.1) is 5.95 Å². The molecule has 7 nitrogen and oxygen atoms in total. The Kier molecular flexibility index (Phi) is 4.70. The van der Waals surface area contributed by atoms with E-state index in [9.17, 15) is 9.18 Å². The molecule has 27 heavy (non-hydrogen) atoms. The van der Waals surface area contributed by atoms with Gasteiger partial charge in [-0.25, -0.2) is 9.78 Å². The Labute approximate surface area is 156 Å². The summed E-state index contributed by atoms with van der Waals surface area (Å²) in [5.74, 6) is 0.894. The van der Waals surface area contributed by atoms with Gasteiger partial charge in [-0.2, -0.15) is 4.39 Å². The highest BCUT2D eigenvalue weighted by molar-refractivity contribution is 5.75. The lowest BCUT2D eigenvalue weighted by Crippen LogP contribution is -2.56. The predicted molar refractivity (Wildman–Crippen MR) is 97.4 cm³/mol. The van der Waals surface area contributed by atoms with Crippen LogP contribution in [-0.2, 0) is 6.54 Å². The highest BCUT2D eigenvalue weighted by Crippen LogP contribution is 2.35. The van der Waals surface area contributed by atoms with Crippen molar-refractivity contribution >= 4 is 11.7 Å². The summed E-state index contributed by atoms with van der Waals surface area (Å²) < 4.78 is 24.2. The van der Waals surface area contributed by atoms with Crippen molar-refractivity contribution in [3.8, 4) is 11.5 Å². The molecule has 1 N–H and O–H groups in total. The molecule has 2 aliphatic heterocycles. The molecule has 0 spiro atoms. The van der Waals surface area contributed by atoms with Crippen LogP contribution in [0.3, 0.4) is 0 Å². The summed E-state index contributed by atoms with van der Waals surface area (Å²) in [4.78, 5) is 20.1. The lowest BCUT2D eigenvalue weighted by Gasteiger charge is -2.40. The largest absolute Gasteiger partial charge is 0.454 e. The van der Waals surface area contributed by atoms with Gasteiger partial charge in [-0.3, -0.25) is 0 Å². The number of ether oxygens (including phenoxy) is 2. The van der Waals surface area contributed by atoms with Crippen LogP contribution < -0.4 is 19.7 Å². The van der Waals surface area contributed by atoms with E-state index in [-0.39, 0.29) is 18.9 Å². The third-order valence-corrected chi connectivity index (χ3v) is 4.87. The Morgan fingerprint density at radius 2 is 2.22 bits per heavy atom. The molecule has 2 aromatic rings. The van der Waals surface area contributed by atoms with E-state index in [1.165, 1.54) is 12.3 Å². The van der Waals surface area contributed by atoms with Gasteiger partial charge in [0.15, 0.2) is 11.5 Å². The molecule has 1 atom stereocenters. The maximum atomic E-state index is 13.3. The molecule has 1 fully saturated rings.